The molecule has 1 fully saturated rings. The van der Waals surface area contributed by atoms with Crippen LogP contribution < -0.4 is 5.32 Å². The summed E-state index contributed by atoms with van der Waals surface area (Å²) in [7, 11) is 0. The molecule has 0 spiro atoms. The molecule has 2 nitrogen and oxygen atoms in total. The summed E-state index contributed by atoms with van der Waals surface area (Å²) in [6.07, 6.45) is 8.22. The second kappa shape index (κ2) is 8.08. The number of likely N-dealkylation sites (tertiary alicyclic amines) is 1. The van der Waals surface area contributed by atoms with Crippen molar-refractivity contribution in [2.24, 2.45) is 0 Å². The Balaban J connectivity index is 2.03. The highest BCUT2D eigenvalue weighted by atomic mass is 15.2. The molecule has 1 aliphatic heterocycles. The predicted octanol–water partition coefficient (Wildman–Crippen LogP) is 3.03. The first-order valence-corrected chi connectivity index (χ1v) is 7.21. The molecule has 0 aliphatic carbocycles. The van der Waals surface area contributed by atoms with Gasteiger partial charge in [0.05, 0.1) is 0 Å². The summed E-state index contributed by atoms with van der Waals surface area (Å²) in [5.74, 6) is 0. The first-order valence-electron chi connectivity index (χ1n) is 7.21. The van der Waals surface area contributed by atoms with Gasteiger partial charge in [-0.3, -0.25) is 4.90 Å². The zero-order valence-electron chi connectivity index (χ0n) is 11.5. The molecule has 0 aromatic rings. The van der Waals surface area contributed by atoms with Crippen molar-refractivity contribution in [3.8, 4) is 0 Å². The van der Waals surface area contributed by atoms with Crippen LogP contribution in [0.2, 0.25) is 0 Å². The lowest BCUT2D eigenvalue weighted by molar-refractivity contribution is 0.245. The van der Waals surface area contributed by atoms with Crippen LogP contribution >= 0.6 is 0 Å². The summed E-state index contributed by atoms with van der Waals surface area (Å²) in [4.78, 5) is 2.62. The fraction of sp³-hybridized carbons (Fsp3) is 1.00. The van der Waals surface area contributed by atoms with Gasteiger partial charge in [-0.2, -0.15) is 0 Å². The van der Waals surface area contributed by atoms with Gasteiger partial charge in [-0.25, -0.2) is 0 Å². The van der Waals surface area contributed by atoms with Crippen LogP contribution in [-0.2, 0) is 0 Å². The maximum Gasteiger partial charge on any atom is 0.0192 e. The van der Waals surface area contributed by atoms with Crippen LogP contribution in [0.1, 0.15) is 59.3 Å². The van der Waals surface area contributed by atoms with Gasteiger partial charge in [0.15, 0.2) is 0 Å². The molecule has 2 unspecified atom stereocenters. The third-order valence-electron chi connectivity index (χ3n) is 3.77. The number of nitrogens with zero attached hydrogens (tertiary/aromatic N) is 1. The van der Waals surface area contributed by atoms with Gasteiger partial charge in [0.25, 0.3) is 0 Å². The third kappa shape index (κ3) is 5.31. The minimum absolute atomic E-state index is 0.691. The van der Waals surface area contributed by atoms with Crippen molar-refractivity contribution in [2.45, 2.75) is 71.4 Å². The molecule has 0 aromatic carbocycles. The van der Waals surface area contributed by atoms with Gasteiger partial charge >= 0.3 is 0 Å². The van der Waals surface area contributed by atoms with Crippen molar-refractivity contribution >= 4 is 0 Å². The van der Waals surface area contributed by atoms with E-state index in [0.29, 0.717) is 6.04 Å². The lowest BCUT2D eigenvalue weighted by Crippen LogP contribution is -2.41. The number of hydrogen-bond donors (Lipinski definition) is 1. The first kappa shape index (κ1) is 14.0. The molecule has 2 atom stereocenters. The SMILES string of the molecule is CCCCCC(C)NCC(C)N1CCCC1. The Labute approximate surface area is 102 Å². The molecule has 1 saturated heterocycles. The van der Waals surface area contributed by atoms with E-state index >= 15 is 0 Å². The van der Waals surface area contributed by atoms with Gasteiger partial charge in [0, 0.05) is 18.6 Å². The molecule has 1 N–H and O–H groups in total. The van der Waals surface area contributed by atoms with Crippen molar-refractivity contribution in [3.63, 3.8) is 0 Å². The number of hydrogen-bond acceptors (Lipinski definition) is 2. The molecule has 96 valence electrons. The summed E-state index contributed by atoms with van der Waals surface area (Å²) < 4.78 is 0. The fourth-order valence-corrected chi connectivity index (χ4v) is 2.49. The number of rotatable bonds is 8. The molecular formula is C14H30N2. The highest BCUT2D eigenvalue weighted by Crippen LogP contribution is 2.11. The maximum absolute atomic E-state index is 3.68. The summed E-state index contributed by atoms with van der Waals surface area (Å²) in [6, 6.07) is 1.41. The van der Waals surface area contributed by atoms with Gasteiger partial charge in [0.1, 0.15) is 0 Å². The molecule has 0 aromatic heterocycles. The van der Waals surface area contributed by atoms with E-state index in [1.807, 2.05) is 0 Å². The lowest BCUT2D eigenvalue weighted by Gasteiger charge is -2.25. The normalized spacial score (nSPS) is 21.2. The largest absolute Gasteiger partial charge is 0.313 e. The van der Waals surface area contributed by atoms with Crippen LogP contribution in [0.4, 0.5) is 0 Å². The molecule has 1 rings (SSSR count). The summed E-state index contributed by atoms with van der Waals surface area (Å²) in [5, 5.41) is 3.68. The number of unbranched alkanes of at least 4 members (excludes halogenated alkanes) is 2. The molecule has 0 bridgehead atoms. The van der Waals surface area contributed by atoms with Crippen LogP contribution in [0.25, 0.3) is 0 Å². The molecule has 1 aliphatic rings. The third-order valence-corrected chi connectivity index (χ3v) is 3.77. The summed E-state index contributed by atoms with van der Waals surface area (Å²) >= 11 is 0. The maximum atomic E-state index is 3.68. The second-order valence-corrected chi connectivity index (χ2v) is 5.40. The fourth-order valence-electron chi connectivity index (χ4n) is 2.49. The van der Waals surface area contributed by atoms with E-state index in [4.69, 9.17) is 0 Å². The van der Waals surface area contributed by atoms with Gasteiger partial charge in [-0.1, -0.05) is 26.2 Å². The van der Waals surface area contributed by atoms with Crippen LogP contribution in [0.15, 0.2) is 0 Å². The van der Waals surface area contributed by atoms with Gasteiger partial charge in [0.2, 0.25) is 0 Å². The zero-order chi connectivity index (χ0) is 11.8. The highest BCUT2D eigenvalue weighted by Gasteiger charge is 2.17. The Bertz CT molecular complexity index is 164. The molecule has 2 heteroatoms. The molecule has 16 heavy (non-hydrogen) atoms. The quantitative estimate of drug-likeness (QED) is 0.640. The molecular weight excluding hydrogens is 196 g/mol. The second-order valence-electron chi connectivity index (χ2n) is 5.40. The Morgan fingerprint density at radius 2 is 1.81 bits per heavy atom. The Morgan fingerprint density at radius 3 is 2.44 bits per heavy atom. The monoisotopic (exact) mass is 226 g/mol. The van der Waals surface area contributed by atoms with Crippen molar-refractivity contribution in [2.75, 3.05) is 19.6 Å². The molecule has 0 amide bonds. The van der Waals surface area contributed by atoms with Crippen LogP contribution in [0.3, 0.4) is 0 Å². The molecule has 0 saturated carbocycles. The van der Waals surface area contributed by atoms with Crippen molar-refractivity contribution in [1.82, 2.24) is 10.2 Å². The van der Waals surface area contributed by atoms with E-state index in [1.165, 1.54) is 51.6 Å². The lowest BCUT2D eigenvalue weighted by atomic mass is 10.1. The standard InChI is InChI=1S/C14H30N2/c1-4-5-6-9-13(2)15-12-14(3)16-10-7-8-11-16/h13-15H,4-12H2,1-3H3. The smallest absolute Gasteiger partial charge is 0.0192 e. The molecule has 0 radical (unpaired) electrons. The first-order chi connectivity index (χ1) is 7.74. The van der Waals surface area contributed by atoms with E-state index in [9.17, 15) is 0 Å². The Hall–Kier alpha value is -0.0800. The average molecular weight is 226 g/mol. The Kier molecular flexibility index (Phi) is 7.06. The van der Waals surface area contributed by atoms with Crippen molar-refractivity contribution in [3.05, 3.63) is 0 Å². The minimum atomic E-state index is 0.691. The topological polar surface area (TPSA) is 15.3 Å². The average Bonchev–Trinajstić information content (AvgIpc) is 2.79. The number of nitrogens with one attached hydrogen (secondary N) is 1. The van der Waals surface area contributed by atoms with E-state index in [0.717, 1.165) is 12.6 Å². The highest BCUT2D eigenvalue weighted by molar-refractivity contribution is 4.75. The van der Waals surface area contributed by atoms with E-state index < -0.39 is 0 Å². The summed E-state index contributed by atoms with van der Waals surface area (Å²) in [6.45, 7) is 10.7. The predicted molar refractivity (Wildman–Crippen MR) is 71.9 cm³/mol. The van der Waals surface area contributed by atoms with Gasteiger partial charge in [-0.05, 0) is 46.2 Å². The van der Waals surface area contributed by atoms with Crippen LogP contribution in [0.5, 0.6) is 0 Å². The van der Waals surface area contributed by atoms with E-state index in [1.54, 1.807) is 0 Å². The van der Waals surface area contributed by atoms with Gasteiger partial charge < -0.3 is 5.32 Å². The zero-order valence-corrected chi connectivity index (χ0v) is 11.5. The summed E-state index contributed by atoms with van der Waals surface area (Å²) in [5.41, 5.74) is 0. The molecule has 1 heterocycles. The van der Waals surface area contributed by atoms with Crippen molar-refractivity contribution in [1.29, 1.82) is 0 Å². The van der Waals surface area contributed by atoms with Crippen molar-refractivity contribution < 1.29 is 0 Å². The van der Waals surface area contributed by atoms with Gasteiger partial charge in [-0.15, -0.1) is 0 Å². The van der Waals surface area contributed by atoms with E-state index in [2.05, 4.69) is 31.0 Å². The van der Waals surface area contributed by atoms with E-state index in [-0.39, 0.29) is 0 Å². The minimum Gasteiger partial charge on any atom is -0.313 e. The van der Waals surface area contributed by atoms with Crippen LogP contribution in [-0.4, -0.2) is 36.6 Å². The Morgan fingerprint density at radius 1 is 1.12 bits per heavy atom. The van der Waals surface area contributed by atoms with Crippen LogP contribution in [0, 0.1) is 0 Å².